The fourth-order valence-electron chi connectivity index (χ4n) is 1.14. The van der Waals surface area contributed by atoms with E-state index in [2.05, 4.69) is 5.32 Å². The molecule has 15 heavy (non-hydrogen) atoms. The molecule has 0 saturated carbocycles. The van der Waals surface area contributed by atoms with E-state index in [-0.39, 0.29) is 18.4 Å². The Balaban J connectivity index is 3.94. The van der Waals surface area contributed by atoms with Crippen LogP contribution >= 0.6 is 0 Å². The van der Waals surface area contributed by atoms with Crippen LogP contribution < -0.4 is 11.1 Å². The van der Waals surface area contributed by atoms with Gasteiger partial charge in [-0.05, 0) is 13.3 Å². The van der Waals surface area contributed by atoms with Gasteiger partial charge in [0.1, 0.15) is 0 Å². The van der Waals surface area contributed by atoms with Crippen molar-refractivity contribution in [1.82, 2.24) is 5.32 Å². The van der Waals surface area contributed by atoms with E-state index in [1.165, 1.54) is 0 Å². The number of aliphatic carboxylic acids is 1. The summed E-state index contributed by atoms with van der Waals surface area (Å²) in [7, 11) is 0. The van der Waals surface area contributed by atoms with E-state index in [0.29, 0.717) is 18.5 Å². The zero-order valence-electron chi connectivity index (χ0n) is 9.12. The van der Waals surface area contributed by atoms with Gasteiger partial charge in [0.05, 0.1) is 0 Å². The molecule has 0 spiro atoms. The van der Waals surface area contributed by atoms with Crippen molar-refractivity contribution in [3.63, 3.8) is 0 Å². The van der Waals surface area contributed by atoms with Crippen LogP contribution in [0.1, 0.15) is 26.7 Å². The van der Waals surface area contributed by atoms with Gasteiger partial charge in [-0.2, -0.15) is 0 Å². The lowest BCUT2D eigenvalue weighted by Crippen LogP contribution is -2.31. The van der Waals surface area contributed by atoms with Crippen LogP contribution in [-0.4, -0.2) is 29.6 Å². The molecule has 5 heteroatoms. The smallest absolute Gasteiger partial charge is 0.331 e. The number of amides is 1. The number of carboxylic acids is 1. The summed E-state index contributed by atoms with van der Waals surface area (Å²) in [5.41, 5.74) is 5.38. The Morgan fingerprint density at radius 3 is 2.53 bits per heavy atom. The standard InChI is InChI=1S/C10H18N2O3/c1-3-8(10(14)15)4-5-12-7(2)6-9(11)13/h4,7,12H,3,5-6H2,1-2H3,(H2,11,13)(H,14,15). The molecule has 5 nitrogen and oxygen atoms in total. The molecule has 1 atom stereocenters. The molecular weight excluding hydrogens is 196 g/mol. The van der Waals surface area contributed by atoms with Crippen molar-refractivity contribution in [3.8, 4) is 0 Å². The molecule has 0 aliphatic rings. The number of rotatable bonds is 7. The van der Waals surface area contributed by atoms with Gasteiger partial charge in [0.25, 0.3) is 0 Å². The maximum absolute atomic E-state index is 10.6. The van der Waals surface area contributed by atoms with Crippen LogP contribution in [0, 0.1) is 0 Å². The van der Waals surface area contributed by atoms with Gasteiger partial charge in [0.15, 0.2) is 0 Å². The molecular formula is C10H18N2O3. The SMILES string of the molecule is CCC(=CCNC(C)CC(N)=O)C(=O)O. The van der Waals surface area contributed by atoms with Crippen LogP contribution in [0.5, 0.6) is 0 Å². The van der Waals surface area contributed by atoms with Crippen molar-refractivity contribution in [2.45, 2.75) is 32.7 Å². The van der Waals surface area contributed by atoms with Gasteiger partial charge in [0.2, 0.25) is 5.91 Å². The molecule has 0 aliphatic carbocycles. The van der Waals surface area contributed by atoms with E-state index in [1.807, 2.05) is 6.92 Å². The van der Waals surface area contributed by atoms with E-state index >= 15 is 0 Å². The third kappa shape index (κ3) is 6.68. The summed E-state index contributed by atoms with van der Waals surface area (Å²) in [6, 6.07) is -0.0364. The Bertz CT molecular complexity index is 261. The van der Waals surface area contributed by atoms with Crippen LogP contribution in [-0.2, 0) is 9.59 Å². The molecule has 0 bridgehead atoms. The molecule has 0 aromatic carbocycles. The highest BCUT2D eigenvalue weighted by atomic mass is 16.4. The fourth-order valence-corrected chi connectivity index (χ4v) is 1.14. The number of carbonyl (C=O) groups is 2. The molecule has 0 aromatic rings. The highest BCUT2D eigenvalue weighted by Crippen LogP contribution is 1.99. The average Bonchev–Trinajstić information content (AvgIpc) is 2.10. The second-order valence-electron chi connectivity index (χ2n) is 3.37. The number of primary amides is 1. The monoisotopic (exact) mass is 214 g/mol. The quantitative estimate of drug-likeness (QED) is 0.530. The number of nitrogens with one attached hydrogen (secondary N) is 1. The number of carboxylic acid groups (broad SMARTS) is 1. The normalized spacial score (nSPS) is 13.6. The van der Waals surface area contributed by atoms with Gasteiger partial charge >= 0.3 is 5.97 Å². The fraction of sp³-hybridized carbons (Fsp3) is 0.600. The van der Waals surface area contributed by atoms with Crippen LogP contribution in [0.15, 0.2) is 11.6 Å². The maximum Gasteiger partial charge on any atom is 0.331 e. The Labute approximate surface area is 89.3 Å². The van der Waals surface area contributed by atoms with Gasteiger partial charge < -0.3 is 16.2 Å². The summed E-state index contributed by atoms with van der Waals surface area (Å²) >= 11 is 0. The first-order valence-electron chi connectivity index (χ1n) is 4.91. The maximum atomic E-state index is 10.6. The third-order valence-corrected chi connectivity index (χ3v) is 1.98. The predicted molar refractivity (Wildman–Crippen MR) is 57.3 cm³/mol. The zero-order chi connectivity index (χ0) is 11.8. The second kappa shape index (κ2) is 7.00. The summed E-state index contributed by atoms with van der Waals surface area (Å²) in [5, 5.41) is 11.7. The van der Waals surface area contributed by atoms with Crippen LogP contribution in [0.25, 0.3) is 0 Å². The topological polar surface area (TPSA) is 92.4 Å². The first kappa shape index (κ1) is 13.6. The Kier molecular flexibility index (Phi) is 6.37. The largest absolute Gasteiger partial charge is 0.478 e. The molecule has 1 unspecified atom stereocenters. The summed E-state index contributed by atoms with van der Waals surface area (Å²) in [6.07, 6.45) is 2.35. The van der Waals surface area contributed by atoms with Crippen LogP contribution in [0.2, 0.25) is 0 Å². The van der Waals surface area contributed by atoms with Gasteiger partial charge in [-0.25, -0.2) is 4.79 Å². The Morgan fingerprint density at radius 1 is 1.53 bits per heavy atom. The van der Waals surface area contributed by atoms with Crippen LogP contribution in [0.4, 0.5) is 0 Å². The Morgan fingerprint density at radius 2 is 2.13 bits per heavy atom. The number of carbonyl (C=O) groups excluding carboxylic acids is 1. The van der Waals surface area contributed by atoms with E-state index in [4.69, 9.17) is 10.8 Å². The molecule has 0 fully saturated rings. The summed E-state index contributed by atoms with van der Waals surface area (Å²) in [6.45, 7) is 4.04. The minimum atomic E-state index is -0.901. The van der Waals surface area contributed by atoms with Gasteiger partial charge in [0, 0.05) is 24.6 Å². The van der Waals surface area contributed by atoms with Crippen molar-refractivity contribution in [2.24, 2.45) is 5.73 Å². The van der Waals surface area contributed by atoms with Crippen molar-refractivity contribution >= 4 is 11.9 Å². The van der Waals surface area contributed by atoms with Crippen molar-refractivity contribution in [3.05, 3.63) is 11.6 Å². The molecule has 0 aromatic heterocycles. The first-order chi connectivity index (χ1) is 6.97. The van der Waals surface area contributed by atoms with E-state index in [9.17, 15) is 9.59 Å². The minimum Gasteiger partial charge on any atom is -0.478 e. The number of hydrogen-bond donors (Lipinski definition) is 3. The van der Waals surface area contributed by atoms with E-state index < -0.39 is 5.97 Å². The van der Waals surface area contributed by atoms with Gasteiger partial charge in [-0.15, -0.1) is 0 Å². The predicted octanol–water partition coefficient (Wildman–Crippen LogP) is 0.261. The molecule has 4 N–H and O–H groups in total. The molecule has 1 amide bonds. The van der Waals surface area contributed by atoms with Gasteiger partial charge in [-0.3, -0.25) is 4.79 Å². The summed E-state index contributed by atoms with van der Waals surface area (Å²) in [4.78, 5) is 21.2. The van der Waals surface area contributed by atoms with Crippen molar-refractivity contribution in [1.29, 1.82) is 0 Å². The van der Waals surface area contributed by atoms with Crippen molar-refractivity contribution in [2.75, 3.05) is 6.54 Å². The molecule has 0 rings (SSSR count). The molecule has 0 saturated heterocycles. The van der Waals surface area contributed by atoms with Crippen molar-refractivity contribution < 1.29 is 14.7 Å². The number of nitrogens with two attached hydrogens (primary N) is 1. The molecule has 0 radical (unpaired) electrons. The highest BCUT2D eigenvalue weighted by Gasteiger charge is 2.05. The van der Waals surface area contributed by atoms with Crippen LogP contribution in [0.3, 0.4) is 0 Å². The lowest BCUT2D eigenvalue weighted by Gasteiger charge is -2.09. The third-order valence-electron chi connectivity index (χ3n) is 1.98. The van der Waals surface area contributed by atoms with Gasteiger partial charge in [-0.1, -0.05) is 13.0 Å². The number of hydrogen-bond acceptors (Lipinski definition) is 3. The second-order valence-corrected chi connectivity index (χ2v) is 3.37. The zero-order valence-corrected chi connectivity index (χ0v) is 9.12. The Hall–Kier alpha value is -1.36. The summed E-state index contributed by atoms with van der Waals surface area (Å²) in [5.74, 6) is -1.27. The van der Waals surface area contributed by atoms with E-state index in [1.54, 1.807) is 13.0 Å². The highest BCUT2D eigenvalue weighted by molar-refractivity contribution is 5.86. The molecule has 0 aliphatic heterocycles. The average molecular weight is 214 g/mol. The summed E-state index contributed by atoms with van der Waals surface area (Å²) < 4.78 is 0. The van der Waals surface area contributed by atoms with E-state index in [0.717, 1.165) is 0 Å². The lowest BCUT2D eigenvalue weighted by molar-refractivity contribution is -0.132. The molecule has 0 heterocycles. The molecule has 86 valence electrons. The first-order valence-corrected chi connectivity index (χ1v) is 4.91. The lowest BCUT2D eigenvalue weighted by atomic mass is 10.2. The minimum absolute atomic E-state index is 0.0364.